The van der Waals surface area contributed by atoms with Gasteiger partial charge in [0.2, 0.25) is 0 Å². The molecule has 0 amide bonds. The fourth-order valence-corrected chi connectivity index (χ4v) is 1.95. The van der Waals surface area contributed by atoms with E-state index in [0.717, 1.165) is 25.8 Å². The predicted octanol–water partition coefficient (Wildman–Crippen LogP) is 1.63. The van der Waals surface area contributed by atoms with Crippen molar-refractivity contribution in [1.29, 1.82) is 0 Å². The summed E-state index contributed by atoms with van der Waals surface area (Å²) in [6, 6.07) is 0. The molecule has 5 nitrogen and oxygen atoms in total. The van der Waals surface area contributed by atoms with E-state index in [9.17, 15) is 5.11 Å². The Labute approximate surface area is 111 Å². The molecule has 18 heavy (non-hydrogen) atoms. The van der Waals surface area contributed by atoms with Crippen LogP contribution in [-0.4, -0.2) is 46.8 Å². The van der Waals surface area contributed by atoms with Crippen LogP contribution in [0.25, 0.3) is 0 Å². The number of unbranched alkanes of at least 4 members (excludes halogenated alkanes) is 1. The summed E-state index contributed by atoms with van der Waals surface area (Å²) in [5.41, 5.74) is 4.72. The lowest BCUT2D eigenvalue weighted by Crippen LogP contribution is -2.37. The fourth-order valence-electron chi connectivity index (χ4n) is 1.95. The average Bonchev–Trinajstić information content (AvgIpc) is 2.20. The van der Waals surface area contributed by atoms with Gasteiger partial charge in [-0.1, -0.05) is 25.4 Å². The van der Waals surface area contributed by atoms with Crippen LogP contribution in [0.5, 0.6) is 0 Å². The number of aliphatic hydroxyl groups is 1. The summed E-state index contributed by atoms with van der Waals surface area (Å²) < 4.78 is 0. The Kier molecular flexibility index (Phi) is 6.63. The first-order valence-electron chi connectivity index (χ1n) is 6.47. The lowest BCUT2D eigenvalue weighted by Gasteiger charge is -2.26. The Morgan fingerprint density at radius 3 is 2.22 bits per heavy atom. The molecule has 5 heteroatoms. The molecular formula is C13H29N3O2. The number of hydrogen-bond donors (Lipinski definition) is 3. The van der Waals surface area contributed by atoms with E-state index in [-0.39, 0.29) is 11.3 Å². The van der Waals surface area contributed by atoms with Gasteiger partial charge in [-0.3, -0.25) is 0 Å². The van der Waals surface area contributed by atoms with Crippen molar-refractivity contribution in [3.8, 4) is 0 Å². The summed E-state index contributed by atoms with van der Waals surface area (Å²) in [4.78, 5) is 2.12. The van der Waals surface area contributed by atoms with Crippen molar-refractivity contribution in [2.45, 2.75) is 52.6 Å². The molecule has 0 bridgehead atoms. The van der Waals surface area contributed by atoms with Crippen molar-refractivity contribution < 1.29 is 10.3 Å². The highest BCUT2D eigenvalue weighted by atomic mass is 16.4. The van der Waals surface area contributed by atoms with Gasteiger partial charge in [-0.2, -0.15) is 0 Å². The van der Waals surface area contributed by atoms with E-state index in [0.29, 0.717) is 6.54 Å². The molecule has 0 atom stereocenters. The first kappa shape index (κ1) is 17.2. The van der Waals surface area contributed by atoms with E-state index in [4.69, 9.17) is 10.9 Å². The standard InChI is InChI=1S/C13H29N3O2/c1-12(2,11(14)15-18)8-6-7-9-16(5)10-13(3,4)17/h17-18H,6-10H2,1-5H3,(H2,14,15). The Bertz CT molecular complexity index is 270. The van der Waals surface area contributed by atoms with E-state index >= 15 is 0 Å². The maximum absolute atomic E-state index is 9.68. The molecule has 0 aromatic rings. The molecule has 0 aromatic carbocycles. The second-order valence-electron chi connectivity index (χ2n) is 6.38. The summed E-state index contributed by atoms with van der Waals surface area (Å²) in [7, 11) is 2.01. The molecule has 108 valence electrons. The quantitative estimate of drug-likeness (QED) is 0.203. The SMILES string of the molecule is CN(CCCCC(C)(C)C(N)=NO)CC(C)(C)O. The zero-order valence-corrected chi connectivity index (χ0v) is 12.4. The van der Waals surface area contributed by atoms with Crippen molar-refractivity contribution in [3.05, 3.63) is 0 Å². The van der Waals surface area contributed by atoms with Crippen molar-refractivity contribution >= 4 is 5.84 Å². The molecule has 0 saturated carbocycles. The number of amidine groups is 1. The molecule has 0 aromatic heterocycles. The molecule has 0 saturated heterocycles. The molecule has 0 fully saturated rings. The highest BCUT2D eigenvalue weighted by Gasteiger charge is 2.23. The largest absolute Gasteiger partial charge is 0.409 e. The van der Waals surface area contributed by atoms with Crippen LogP contribution in [0.1, 0.15) is 47.0 Å². The van der Waals surface area contributed by atoms with Gasteiger partial charge in [0.1, 0.15) is 5.84 Å². The summed E-state index contributed by atoms with van der Waals surface area (Å²) in [5, 5.41) is 21.4. The summed E-state index contributed by atoms with van der Waals surface area (Å²) >= 11 is 0. The average molecular weight is 259 g/mol. The summed E-state index contributed by atoms with van der Waals surface area (Å²) in [5.74, 6) is 0.285. The van der Waals surface area contributed by atoms with Gasteiger partial charge >= 0.3 is 0 Å². The third kappa shape index (κ3) is 7.50. The van der Waals surface area contributed by atoms with Gasteiger partial charge in [-0.05, 0) is 40.3 Å². The number of nitrogens with two attached hydrogens (primary N) is 1. The minimum Gasteiger partial charge on any atom is -0.409 e. The van der Waals surface area contributed by atoms with E-state index in [1.54, 1.807) is 0 Å². The van der Waals surface area contributed by atoms with Crippen LogP contribution in [0, 0.1) is 5.41 Å². The number of oxime groups is 1. The minimum absolute atomic E-state index is 0.260. The molecule has 0 rings (SSSR count). The van der Waals surface area contributed by atoms with Gasteiger partial charge in [-0.25, -0.2) is 0 Å². The molecule has 0 heterocycles. The zero-order valence-electron chi connectivity index (χ0n) is 12.4. The molecule has 0 radical (unpaired) electrons. The number of rotatable bonds is 8. The smallest absolute Gasteiger partial charge is 0.144 e. The van der Waals surface area contributed by atoms with Gasteiger partial charge in [0.25, 0.3) is 0 Å². The van der Waals surface area contributed by atoms with Gasteiger partial charge in [-0.15, -0.1) is 0 Å². The van der Waals surface area contributed by atoms with Crippen LogP contribution in [0.2, 0.25) is 0 Å². The van der Waals surface area contributed by atoms with E-state index in [1.807, 2.05) is 34.7 Å². The Balaban J connectivity index is 3.87. The van der Waals surface area contributed by atoms with E-state index < -0.39 is 5.60 Å². The van der Waals surface area contributed by atoms with E-state index in [2.05, 4.69) is 10.1 Å². The number of nitrogens with zero attached hydrogens (tertiary/aromatic N) is 2. The second kappa shape index (κ2) is 6.95. The van der Waals surface area contributed by atoms with Crippen LogP contribution in [0.4, 0.5) is 0 Å². The molecule has 0 aliphatic heterocycles. The Morgan fingerprint density at radius 2 is 1.78 bits per heavy atom. The predicted molar refractivity (Wildman–Crippen MR) is 74.8 cm³/mol. The van der Waals surface area contributed by atoms with Gasteiger partial charge < -0.3 is 20.9 Å². The normalized spacial score (nSPS) is 14.3. The molecule has 0 aliphatic carbocycles. The van der Waals surface area contributed by atoms with Crippen molar-refractivity contribution in [2.24, 2.45) is 16.3 Å². The Morgan fingerprint density at radius 1 is 1.22 bits per heavy atom. The lowest BCUT2D eigenvalue weighted by atomic mass is 9.86. The topological polar surface area (TPSA) is 82.1 Å². The first-order chi connectivity index (χ1) is 8.08. The van der Waals surface area contributed by atoms with Gasteiger partial charge in [0.05, 0.1) is 5.60 Å². The maximum Gasteiger partial charge on any atom is 0.144 e. The second-order valence-corrected chi connectivity index (χ2v) is 6.38. The minimum atomic E-state index is -0.651. The van der Waals surface area contributed by atoms with Crippen LogP contribution < -0.4 is 5.73 Å². The third-order valence-electron chi connectivity index (χ3n) is 3.05. The van der Waals surface area contributed by atoms with Crippen molar-refractivity contribution in [2.75, 3.05) is 20.1 Å². The number of likely N-dealkylation sites (N-methyl/N-ethyl adjacent to an activating group) is 1. The maximum atomic E-state index is 9.68. The lowest BCUT2D eigenvalue weighted by molar-refractivity contribution is 0.0440. The summed E-state index contributed by atoms with van der Waals surface area (Å²) in [6.07, 6.45) is 2.94. The Hall–Kier alpha value is -0.810. The number of hydrogen-bond acceptors (Lipinski definition) is 4. The van der Waals surface area contributed by atoms with Crippen molar-refractivity contribution in [1.82, 2.24) is 4.90 Å². The summed E-state index contributed by atoms with van der Waals surface area (Å²) in [6.45, 7) is 9.17. The van der Waals surface area contributed by atoms with Gasteiger partial charge in [0.15, 0.2) is 0 Å². The van der Waals surface area contributed by atoms with Gasteiger partial charge in [0, 0.05) is 12.0 Å². The van der Waals surface area contributed by atoms with Crippen LogP contribution in [0.15, 0.2) is 5.16 Å². The van der Waals surface area contributed by atoms with E-state index in [1.165, 1.54) is 0 Å². The molecular weight excluding hydrogens is 230 g/mol. The van der Waals surface area contributed by atoms with Crippen LogP contribution in [0.3, 0.4) is 0 Å². The molecule has 0 unspecified atom stereocenters. The molecule has 0 aliphatic rings. The molecule has 4 N–H and O–H groups in total. The highest BCUT2D eigenvalue weighted by Crippen LogP contribution is 2.23. The monoisotopic (exact) mass is 259 g/mol. The first-order valence-corrected chi connectivity index (χ1v) is 6.47. The highest BCUT2D eigenvalue weighted by molar-refractivity contribution is 5.85. The van der Waals surface area contributed by atoms with Crippen LogP contribution in [-0.2, 0) is 0 Å². The molecule has 0 spiro atoms. The fraction of sp³-hybridized carbons (Fsp3) is 0.923. The van der Waals surface area contributed by atoms with Crippen LogP contribution >= 0.6 is 0 Å². The third-order valence-corrected chi connectivity index (χ3v) is 3.05. The zero-order chi connectivity index (χ0) is 14.4. The van der Waals surface area contributed by atoms with Crippen molar-refractivity contribution in [3.63, 3.8) is 0 Å².